The van der Waals surface area contributed by atoms with Crippen LogP contribution < -0.4 is 5.14 Å². The predicted octanol–water partition coefficient (Wildman–Crippen LogP) is 4.30. The Morgan fingerprint density at radius 2 is 2.00 bits per heavy atom. The van der Waals surface area contributed by atoms with Crippen molar-refractivity contribution >= 4 is 21.4 Å². The lowest BCUT2D eigenvalue weighted by Gasteiger charge is -2.14. The zero-order valence-corrected chi connectivity index (χ0v) is 18.0. The van der Waals surface area contributed by atoms with Gasteiger partial charge in [-0.05, 0) is 42.4 Å². The SMILES string of the molecule is Cc1c(CC(C)C)sc(S(N)(=O)=O)c1-c1ccc([C@@H]2CCc3nccn32)cc1. The molecule has 1 aliphatic rings. The van der Waals surface area contributed by atoms with Crippen molar-refractivity contribution < 1.29 is 8.42 Å². The number of thiophene rings is 1. The van der Waals surface area contributed by atoms with Crippen molar-refractivity contribution in [3.05, 3.63) is 58.5 Å². The molecule has 0 spiro atoms. The van der Waals surface area contributed by atoms with E-state index in [1.807, 2.05) is 31.5 Å². The second-order valence-electron chi connectivity index (χ2n) is 7.88. The maximum atomic E-state index is 12.2. The van der Waals surface area contributed by atoms with Crippen LogP contribution >= 0.6 is 11.3 Å². The molecule has 3 heterocycles. The summed E-state index contributed by atoms with van der Waals surface area (Å²) in [5.41, 5.74) is 3.89. The van der Waals surface area contributed by atoms with Crippen LogP contribution in [0.15, 0.2) is 40.9 Å². The minimum Gasteiger partial charge on any atom is -0.327 e. The Labute approximate surface area is 170 Å². The molecule has 5 nitrogen and oxygen atoms in total. The van der Waals surface area contributed by atoms with Gasteiger partial charge < -0.3 is 4.57 Å². The number of aromatic nitrogens is 2. The number of sulfonamides is 1. The van der Waals surface area contributed by atoms with Crippen molar-refractivity contribution in [1.82, 2.24) is 9.55 Å². The summed E-state index contributed by atoms with van der Waals surface area (Å²) in [6.45, 7) is 6.27. The molecule has 1 aromatic carbocycles. The molecular formula is C21H25N3O2S2. The maximum Gasteiger partial charge on any atom is 0.248 e. The molecular weight excluding hydrogens is 390 g/mol. The van der Waals surface area contributed by atoms with Gasteiger partial charge in [0.15, 0.2) is 0 Å². The van der Waals surface area contributed by atoms with Crippen LogP contribution in [0.2, 0.25) is 0 Å². The van der Waals surface area contributed by atoms with Gasteiger partial charge in [0.2, 0.25) is 10.0 Å². The van der Waals surface area contributed by atoms with Crippen LogP contribution in [0.3, 0.4) is 0 Å². The summed E-state index contributed by atoms with van der Waals surface area (Å²) in [4.78, 5) is 5.49. The molecule has 148 valence electrons. The Hall–Kier alpha value is -1.96. The van der Waals surface area contributed by atoms with E-state index in [-0.39, 0.29) is 4.21 Å². The summed E-state index contributed by atoms with van der Waals surface area (Å²) in [6.07, 6.45) is 6.75. The summed E-state index contributed by atoms with van der Waals surface area (Å²) >= 11 is 1.31. The van der Waals surface area contributed by atoms with Crippen LogP contribution in [0.25, 0.3) is 11.1 Å². The third-order valence-corrected chi connectivity index (χ3v) is 8.15. The summed E-state index contributed by atoms with van der Waals surface area (Å²) < 4.78 is 27.0. The van der Waals surface area contributed by atoms with Gasteiger partial charge >= 0.3 is 0 Å². The minimum absolute atomic E-state index is 0.270. The third kappa shape index (κ3) is 3.43. The van der Waals surface area contributed by atoms with Crippen molar-refractivity contribution in [2.24, 2.45) is 11.1 Å². The number of aryl methyl sites for hydroxylation is 1. The van der Waals surface area contributed by atoms with E-state index >= 15 is 0 Å². The molecule has 2 aromatic heterocycles. The molecule has 4 rings (SSSR count). The van der Waals surface area contributed by atoms with Gasteiger partial charge in [-0.3, -0.25) is 0 Å². The standard InChI is InChI=1S/C21H25N3O2S2/c1-13(2)12-18-14(3)20(21(27-18)28(22,25)26)16-6-4-15(5-7-16)17-8-9-19-23-10-11-24(17)19/h4-7,10-11,13,17H,8-9,12H2,1-3H3,(H2,22,25,26)/t17-/m0/s1. The number of fused-ring (bicyclic) bond motifs is 1. The largest absolute Gasteiger partial charge is 0.327 e. The van der Waals surface area contributed by atoms with Crippen molar-refractivity contribution in [3.8, 4) is 11.1 Å². The maximum absolute atomic E-state index is 12.2. The molecule has 0 amide bonds. The van der Waals surface area contributed by atoms with E-state index in [9.17, 15) is 8.42 Å². The van der Waals surface area contributed by atoms with Crippen LogP contribution in [0.4, 0.5) is 0 Å². The van der Waals surface area contributed by atoms with Gasteiger partial charge in [0.1, 0.15) is 10.0 Å². The Bertz CT molecular complexity index is 1110. The molecule has 7 heteroatoms. The highest BCUT2D eigenvalue weighted by Crippen LogP contribution is 2.40. The highest BCUT2D eigenvalue weighted by atomic mass is 32.2. The molecule has 0 fully saturated rings. The normalized spacial score (nSPS) is 16.7. The third-order valence-electron chi connectivity index (χ3n) is 5.38. The van der Waals surface area contributed by atoms with E-state index in [1.54, 1.807) is 0 Å². The lowest BCUT2D eigenvalue weighted by Crippen LogP contribution is -2.11. The molecule has 2 N–H and O–H groups in total. The highest BCUT2D eigenvalue weighted by Gasteiger charge is 2.26. The molecule has 3 aromatic rings. The number of benzene rings is 1. The molecule has 0 radical (unpaired) electrons. The first kappa shape index (κ1) is 19.4. The molecule has 1 aliphatic heterocycles. The molecule has 0 bridgehead atoms. The van der Waals surface area contributed by atoms with Crippen molar-refractivity contribution in [2.45, 2.75) is 50.3 Å². The topological polar surface area (TPSA) is 78.0 Å². The van der Waals surface area contributed by atoms with E-state index in [4.69, 9.17) is 5.14 Å². The lowest BCUT2D eigenvalue weighted by molar-refractivity contribution is 0.600. The molecule has 28 heavy (non-hydrogen) atoms. The number of nitrogens with two attached hydrogens (primary N) is 1. The van der Waals surface area contributed by atoms with E-state index in [1.165, 1.54) is 16.9 Å². The number of hydrogen-bond acceptors (Lipinski definition) is 4. The van der Waals surface area contributed by atoms with Crippen LogP contribution in [0, 0.1) is 12.8 Å². The number of hydrogen-bond donors (Lipinski definition) is 1. The van der Waals surface area contributed by atoms with Crippen LogP contribution in [-0.2, 0) is 22.9 Å². The van der Waals surface area contributed by atoms with Crippen LogP contribution in [-0.4, -0.2) is 18.0 Å². The van der Waals surface area contributed by atoms with Crippen LogP contribution in [0.1, 0.15) is 48.1 Å². The summed E-state index contributed by atoms with van der Waals surface area (Å²) in [5, 5.41) is 5.55. The van der Waals surface area contributed by atoms with Crippen LogP contribution in [0.5, 0.6) is 0 Å². The highest BCUT2D eigenvalue weighted by molar-refractivity contribution is 7.91. The van der Waals surface area contributed by atoms with Gasteiger partial charge in [-0.2, -0.15) is 0 Å². The first-order chi connectivity index (χ1) is 13.3. The zero-order chi connectivity index (χ0) is 20.1. The Balaban J connectivity index is 1.74. The van der Waals surface area contributed by atoms with Gasteiger partial charge in [0, 0.05) is 29.3 Å². The average Bonchev–Trinajstić information content (AvgIpc) is 3.30. The number of primary sulfonamides is 1. The fourth-order valence-corrected chi connectivity index (χ4v) is 6.65. The average molecular weight is 416 g/mol. The smallest absolute Gasteiger partial charge is 0.248 e. The Morgan fingerprint density at radius 1 is 1.29 bits per heavy atom. The summed E-state index contributed by atoms with van der Waals surface area (Å²) in [7, 11) is -3.77. The number of nitrogens with zero attached hydrogens (tertiary/aromatic N) is 2. The monoisotopic (exact) mass is 415 g/mol. The van der Waals surface area contributed by atoms with Gasteiger partial charge in [0.05, 0.1) is 6.04 Å². The molecule has 0 saturated carbocycles. The fourth-order valence-electron chi connectivity index (χ4n) is 4.06. The fraction of sp³-hybridized carbons (Fsp3) is 0.381. The van der Waals surface area contributed by atoms with Gasteiger partial charge in [-0.25, -0.2) is 18.5 Å². The van der Waals surface area contributed by atoms with Gasteiger partial charge in [-0.1, -0.05) is 38.1 Å². The quantitative estimate of drug-likeness (QED) is 0.675. The second-order valence-corrected chi connectivity index (χ2v) is 10.7. The Morgan fingerprint density at radius 3 is 2.64 bits per heavy atom. The summed E-state index contributed by atoms with van der Waals surface area (Å²) in [5.74, 6) is 1.57. The summed E-state index contributed by atoms with van der Waals surface area (Å²) in [6, 6.07) is 8.53. The Kier molecular flexibility index (Phi) is 4.93. The van der Waals surface area contributed by atoms with Crippen molar-refractivity contribution in [3.63, 3.8) is 0 Å². The predicted molar refractivity (Wildman–Crippen MR) is 113 cm³/mol. The molecule has 1 atom stereocenters. The minimum atomic E-state index is -3.77. The second kappa shape index (κ2) is 7.13. The molecule has 0 saturated heterocycles. The first-order valence-electron chi connectivity index (χ1n) is 9.52. The van der Waals surface area contributed by atoms with Gasteiger partial charge in [0.25, 0.3) is 0 Å². The van der Waals surface area contributed by atoms with Crippen molar-refractivity contribution in [2.75, 3.05) is 0 Å². The van der Waals surface area contributed by atoms with E-state index in [0.29, 0.717) is 12.0 Å². The first-order valence-corrected chi connectivity index (χ1v) is 11.9. The zero-order valence-electron chi connectivity index (χ0n) is 16.3. The molecule has 0 unspecified atom stereocenters. The van der Waals surface area contributed by atoms with E-state index in [2.05, 4.69) is 35.5 Å². The molecule has 0 aliphatic carbocycles. The number of imidazole rings is 1. The lowest BCUT2D eigenvalue weighted by atomic mass is 9.97. The van der Waals surface area contributed by atoms with E-state index < -0.39 is 10.0 Å². The van der Waals surface area contributed by atoms with E-state index in [0.717, 1.165) is 46.7 Å². The van der Waals surface area contributed by atoms with Gasteiger partial charge in [-0.15, -0.1) is 11.3 Å². The number of rotatable bonds is 5. The van der Waals surface area contributed by atoms with Crippen molar-refractivity contribution in [1.29, 1.82) is 0 Å².